The molecule has 0 spiro atoms. The minimum absolute atomic E-state index is 0.0296. The van der Waals surface area contributed by atoms with E-state index in [-0.39, 0.29) is 32.0 Å². The first-order chi connectivity index (χ1) is 40.5. The van der Waals surface area contributed by atoms with Gasteiger partial charge < -0.3 is 27.9 Å². The second-order valence-electron chi connectivity index (χ2n) is 25.2. The molecule has 0 bridgehead atoms. The zero-order valence-electron chi connectivity index (χ0n) is 55.4. The highest BCUT2D eigenvalue weighted by molar-refractivity contribution is 7.45. The molecule has 0 aromatic heterocycles. The molecule has 0 heterocycles. The smallest absolute Gasteiger partial charge is 0.306 e. The van der Waals surface area contributed by atoms with Crippen molar-refractivity contribution in [1.82, 2.24) is 0 Å². The number of hydrogen-bond donors (Lipinski definition) is 0. The average molecular weight is 1190 g/mol. The van der Waals surface area contributed by atoms with Crippen molar-refractivity contribution in [1.29, 1.82) is 0 Å². The molecule has 0 rings (SSSR count). The number of carbonyl (C=O) groups is 2. The molecule has 0 N–H and O–H groups in total. The van der Waals surface area contributed by atoms with Crippen LogP contribution in [0, 0.1) is 0 Å². The van der Waals surface area contributed by atoms with Crippen molar-refractivity contribution in [2.24, 2.45) is 0 Å². The van der Waals surface area contributed by atoms with Gasteiger partial charge in [-0.1, -0.05) is 312 Å². The maximum absolute atomic E-state index is 12.8. The molecule has 0 aliphatic rings. The Labute approximate surface area is 515 Å². The first-order valence-electron chi connectivity index (χ1n) is 35.5. The zero-order valence-corrected chi connectivity index (χ0v) is 56.3. The van der Waals surface area contributed by atoms with Crippen LogP contribution in [-0.2, 0) is 32.7 Å². The molecule has 0 aromatic rings. The Hall–Kier alpha value is -2.29. The van der Waals surface area contributed by atoms with Crippen LogP contribution in [0.3, 0.4) is 0 Å². The number of carbonyl (C=O) groups excluding carboxylic acids is 2. The monoisotopic (exact) mass is 1190 g/mol. The van der Waals surface area contributed by atoms with E-state index in [0.29, 0.717) is 17.4 Å². The molecule has 0 aliphatic carbocycles. The van der Waals surface area contributed by atoms with Crippen LogP contribution < -0.4 is 4.89 Å². The zero-order chi connectivity index (χ0) is 60.5. The fourth-order valence-electron chi connectivity index (χ4n) is 10.4. The summed E-state index contributed by atoms with van der Waals surface area (Å²) in [5.74, 6) is -0.821. The van der Waals surface area contributed by atoms with Gasteiger partial charge in [-0.2, -0.15) is 0 Å². The maximum atomic E-state index is 12.8. The third kappa shape index (κ3) is 68.7. The van der Waals surface area contributed by atoms with Crippen LogP contribution in [0.1, 0.15) is 341 Å². The van der Waals surface area contributed by atoms with Crippen LogP contribution >= 0.6 is 7.82 Å². The lowest BCUT2D eigenvalue weighted by atomic mass is 10.0. The van der Waals surface area contributed by atoms with Gasteiger partial charge in [0.2, 0.25) is 0 Å². The van der Waals surface area contributed by atoms with E-state index in [9.17, 15) is 19.0 Å². The van der Waals surface area contributed by atoms with Gasteiger partial charge >= 0.3 is 11.9 Å². The van der Waals surface area contributed by atoms with E-state index in [1.165, 1.54) is 238 Å². The van der Waals surface area contributed by atoms with Crippen LogP contribution in [-0.4, -0.2) is 70.0 Å². The minimum atomic E-state index is -4.64. The predicted octanol–water partition coefficient (Wildman–Crippen LogP) is 22.4. The fourth-order valence-corrected chi connectivity index (χ4v) is 11.1. The van der Waals surface area contributed by atoms with Crippen molar-refractivity contribution in [2.45, 2.75) is 347 Å². The highest BCUT2D eigenvalue weighted by Gasteiger charge is 2.22. The summed E-state index contributed by atoms with van der Waals surface area (Å²) < 4.78 is 34.3. The summed E-state index contributed by atoms with van der Waals surface area (Å²) >= 11 is 0. The summed E-state index contributed by atoms with van der Waals surface area (Å²) in [6.07, 6.45) is 84.7. The Balaban J connectivity index is 3.88. The Morgan fingerprint density at radius 2 is 0.687 bits per heavy atom. The molecular formula is C73H136NO8P. The average Bonchev–Trinajstić information content (AvgIpc) is 3.48. The number of phosphoric acid groups is 1. The van der Waals surface area contributed by atoms with Gasteiger partial charge in [-0.05, 0) is 77.0 Å². The molecule has 0 fully saturated rings. The number of nitrogens with zero attached hydrogens (tertiary/aromatic N) is 1. The van der Waals surface area contributed by atoms with E-state index in [4.69, 9.17) is 18.5 Å². The minimum Gasteiger partial charge on any atom is -0.756 e. The predicted molar refractivity (Wildman–Crippen MR) is 356 cm³/mol. The largest absolute Gasteiger partial charge is 0.756 e. The third-order valence-corrected chi connectivity index (χ3v) is 16.7. The summed E-state index contributed by atoms with van der Waals surface area (Å²) in [4.78, 5) is 38.0. The van der Waals surface area contributed by atoms with Gasteiger partial charge in [-0.15, -0.1) is 0 Å². The molecule has 0 amide bonds. The number of esters is 2. The van der Waals surface area contributed by atoms with Crippen molar-refractivity contribution >= 4 is 19.8 Å². The van der Waals surface area contributed by atoms with E-state index < -0.39 is 26.5 Å². The summed E-state index contributed by atoms with van der Waals surface area (Å²) in [7, 11) is 1.18. The molecule has 2 atom stereocenters. The number of allylic oxidation sites excluding steroid dienone is 10. The Kier molecular flexibility index (Phi) is 62.4. The van der Waals surface area contributed by atoms with E-state index >= 15 is 0 Å². The first-order valence-corrected chi connectivity index (χ1v) is 37.0. The molecule has 9 nitrogen and oxygen atoms in total. The van der Waals surface area contributed by atoms with Crippen LogP contribution in [0.5, 0.6) is 0 Å². The number of hydrogen-bond acceptors (Lipinski definition) is 8. The number of unbranched alkanes of at least 4 members (excludes halogenated alkanes) is 42. The molecule has 0 radical (unpaired) electrons. The summed E-state index contributed by atoms with van der Waals surface area (Å²) in [6.45, 7) is 4.17. The topological polar surface area (TPSA) is 111 Å². The number of ether oxygens (including phenoxy) is 2. The lowest BCUT2D eigenvalue weighted by Gasteiger charge is -2.28. The number of phosphoric ester groups is 1. The standard InChI is InChI=1S/C73H136NO8P/c1-6-8-10-12-14-16-18-20-22-24-26-27-28-29-30-31-32-33-34-35-36-37-38-39-40-41-42-43-44-45-46-47-48-50-52-54-56-58-60-62-64-66-73(76)82-71(70-81-83(77,78)80-68-67-74(3,4)5)69-79-72(75)65-63-61-59-57-55-53-51-49-25-23-21-19-17-15-13-11-9-7-2/h8,10,14,16,20,22-23,25-27,71H,6-7,9,11-13,15,17-19,21,24,28-70H2,1-5H3/b10-8-,16-14-,22-20-,25-23-,27-26-. The summed E-state index contributed by atoms with van der Waals surface area (Å²) in [5.41, 5.74) is 0. The Morgan fingerprint density at radius 3 is 1.04 bits per heavy atom. The van der Waals surface area contributed by atoms with Gasteiger partial charge in [0, 0.05) is 12.8 Å². The van der Waals surface area contributed by atoms with Gasteiger partial charge in [0.15, 0.2) is 6.10 Å². The molecule has 0 aromatic carbocycles. The summed E-state index contributed by atoms with van der Waals surface area (Å²) in [6, 6.07) is 0. The van der Waals surface area contributed by atoms with Crippen molar-refractivity contribution in [3.63, 3.8) is 0 Å². The molecule has 0 saturated carbocycles. The summed E-state index contributed by atoms with van der Waals surface area (Å²) in [5, 5.41) is 0. The van der Waals surface area contributed by atoms with Gasteiger partial charge in [0.25, 0.3) is 7.82 Å². The molecule has 2 unspecified atom stereocenters. The normalized spacial score (nSPS) is 13.5. The number of quaternary nitrogens is 1. The highest BCUT2D eigenvalue weighted by Crippen LogP contribution is 2.38. The van der Waals surface area contributed by atoms with Crippen molar-refractivity contribution in [3.8, 4) is 0 Å². The van der Waals surface area contributed by atoms with Crippen LogP contribution in [0.25, 0.3) is 0 Å². The second kappa shape index (κ2) is 64.2. The quantitative estimate of drug-likeness (QED) is 0.0195. The first kappa shape index (κ1) is 80.7. The van der Waals surface area contributed by atoms with Gasteiger partial charge in [-0.3, -0.25) is 14.2 Å². The second-order valence-corrected chi connectivity index (χ2v) is 26.6. The lowest BCUT2D eigenvalue weighted by molar-refractivity contribution is -0.870. The molecule has 486 valence electrons. The third-order valence-electron chi connectivity index (χ3n) is 15.8. The van der Waals surface area contributed by atoms with Gasteiger partial charge in [-0.25, -0.2) is 0 Å². The van der Waals surface area contributed by atoms with E-state index in [0.717, 1.165) is 70.6 Å². The van der Waals surface area contributed by atoms with Gasteiger partial charge in [0.1, 0.15) is 19.8 Å². The van der Waals surface area contributed by atoms with Crippen molar-refractivity contribution in [3.05, 3.63) is 60.8 Å². The molecule has 0 aliphatic heterocycles. The van der Waals surface area contributed by atoms with Crippen molar-refractivity contribution < 1.29 is 42.1 Å². The molecule has 83 heavy (non-hydrogen) atoms. The fraction of sp³-hybridized carbons (Fsp3) is 0.836. The Bertz CT molecular complexity index is 1580. The van der Waals surface area contributed by atoms with E-state index in [1.54, 1.807) is 0 Å². The lowest BCUT2D eigenvalue weighted by Crippen LogP contribution is -2.37. The van der Waals surface area contributed by atoms with Crippen molar-refractivity contribution in [2.75, 3.05) is 47.5 Å². The molecular weight excluding hydrogens is 1050 g/mol. The Morgan fingerprint density at radius 1 is 0.386 bits per heavy atom. The van der Waals surface area contributed by atoms with Crippen LogP contribution in [0.4, 0.5) is 0 Å². The molecule has 0 saturated heterocycles. The molecule has 10 heteroatoms. The highest BCUT2D eigenvalue weighted by atomic mass is 31.2. The van der Waals surface area contributed by atoms with E-state index in [2.05, 4.69) is 74.6 Å². The number of likely N-dealkylation sites (N-methyl/N-ethyl adjacent to an activating group) is 1. The maximum Gasteiger partial charge on any atom is 0.306 e. The van der Waals surface area contributed by atoms with Crippen LogP contribution in [0.2, 0.25) is 0 Å². The number of rotatable bonds is 66. The van der Waals surface area contributed by atoms with E-state index in [1.807, 2.05) is 21.1 Å². The SMILES string of the molecule is CC/C=C\C/C=C\C/C=C\C/C=C\CCCCCCCCCCCCCCCCCCCCCCCCCCCCCCC(=O)OC(COC(=O)CCCCCCCCC/C=C\CCCCCCCCC)COP(=O)([O-])OCC[N+](C)(C)C. The van der Waals surface area contributed by atoms with Crippen LogP contribution in [0.15, 0.2) is 60.8 Å². The van der Waals surface area contributed by atoms with Gasteiger partial charge in [0.05, 0.1) is 27.7 Å².